The first kappa shape index (κ1) is 56.3. The van der Waals surface area contributed by atoms with Crippen LogP contribution in [-0.4, -0.2) is 46.3 Å². The molecule has 0 aliphatic heterocycles. The van der Waals surface area contributed by atoms with E-state index in [1.807, 2.05) is 0 Å². The molecule has 162 valence electrons. The van der Waals surface area contributed by atoms with Gasteiger partial charge in [0.05, 0.1) is 0 Å². The molecular weight excluding hydrogens is 348 g/mol. The van der Waals surface area contributed by atoms with Gasteiger partial charge in [-0.05, 0) is 58.9 Å². The number of hydrogen-bond donors (Lipinski definition) is 0. The molecule has 0 spiro atoms. The van der Waals surface area contributed by atoms with Crippen molar-refractivity contribution in [3.8, 4) is 0 Å². The Bertz CT molecular complexity index is 148. The summed E-state index contributed by atoms with van der Waals surface area (Å²) < 4.78 is 15.2. The lowest BCUT2D eigenvalue weighted by Gasteiger charge is -2.10. The molecule has 0 atom stereocenters. The Labute approximate surface area is 163 Å². The van der Waals surface area contributed by atoms with Crippen molar-refractivity contribution in [2.75, 3.05) is 21.3 Å². The maximum atomic E-state index is 5.08. The van der Waals surface area contributed by atoms with Crippen molar-refractivity contribution in [1.29, 1.82) is 0 Å². The predicted octanol–water partition coefficient (Wildman–Crippen LogP) is 8.22. The molecule has 0 amide bonds. The van der Waals surface area contributed by atoms with Gasteiger partial charge in [-0.25, -0.2) is 0 Å². The van der Waals surface area contributed by atoms with Crippen molar-refractivity contribution in [2.24, 2.45) is 0 Å². The molecule has 0 saturated carbocycles. The van der Waals surface area contributed by atoms with E-state index in [2.05, 4.69) is 58.9 Å². The highest BCUT2D eigenvalue weighted by Crippen LogP contribution is 1.98. The molecule has 0 rings (SSSR count). The predicted molar refractivity (Wildman–Crippen MR) is 131 cm³/mol. The molecule has 0 aliphatic rings. The Hall–Kier alpha value is 0.531. The molecule has 0 fully saturated rings. The zero-order valence-corrected chi connectivity index (χ0v) is 17.7. The molecular formula is C18H60O3Si3. The summed E-state index contributed by atoms with van der Waals surface area (Å²) in [5.74, 6) is 0. The van der Waals surface area contributed by atoms with Gasteiger partial charge in [0.2, 0.25) is 0 Å². The quantitative estimate of drug-likeness (QED) is 0.440. The summed E-state index contributed by atoms with van der Waals surface area (Å²) in [5, 5.41) is 0. The summed E-state index contributed by atoms with van der Waals surface area (Å²) in [6.45, 7) is 19.4. The highest BCUT2D eigenvalue weighted by atomic mass is 28.4. The molecule has 0 aromatic rings. The monoisotopic (exact) mass is 408 g/mol. The summed E-state index contributed by atoms with van der Waals surface area (Å²) in [7, 11) is 1.92. The third kappa shape index (κ3) is 115. The smallest absolute Gasteiger partial charge is 0.183 e. The third-order valence-corrected chi connectivity index (χ3v) is 5.51. The van der Waals surface area contributed by atoms with Gasteiger partial charge in [0.1, 0.15) is 0 Å². The van der Waals surface area contributed by atoms with Crippen LogP contribution in [0.4, 0.5) is 0 Å². The Morgan fingerprint density at radius 1 is 0.333 bits per heavy atom. The van der Waals surface area contributed by atoms with Gasteiger partial charge in [-0.2, -0.15) is 0 Å². The van der Waals surface area contributed by atoms with E-state index in [-0.39, 0.29) is 44.6 Å². The van der Waals surface area contributed by atoms with Gasteiger partial charge in [0, 0.05) is 21.3 Å². The van der Waals surface area contributed by atoms with Crippen LogP contribution in [0.25, 0.3) is 0 Å². The topological polar surface area (TPSA) is 27.7 Å². The normalized spacial score (nSPS) is 9.00. The standard InChI is InChI=1S/3C4H12OSi.6CH4/c3*1-5-6(2,3)4;;;;;;/h3*1-4H3;6*1H4. The van der Waals surface area contributed by atoms with Crippen molar-refractivity contribution in [1.82, 2.24) is 0 Å². The van der Waals surface area contributed by atoms with Crippen LogP contribution < -0.4 is 0 Å². The van der Waals surface area contributed by atoms with Crippen LogP contribution in [0.1, 0.15) is 44.6 Å². The van der Waals surface area contributed by atoms with Gasteiger partial charge in [-0.3, -0.25) is 0 Å². The lowest BCUT2D eigenvalue weighted by atomic mass is 11.8. The highest BCUT2D eigenvalue weighted by molar-refractivity contribution is 6.70. The lowest BCUT2D eigenvalue weighted by Crippen LogP contribution is -2.22. The van der Waals surface area contributed by atoms with E-state index in [1.54, 1.807) is 21.3 Å². The van der Waals surface area contributed by atoms with Crippen LogP contribution in [0.2, 0.25) is 58.9 Å². The Balaban J connectivity index is -0.0000000179. The average molecular weight is 409 g/mol. The summed E-state index contributed by atoms with van der Waals surface area (Å²) in [6, 6.07) is 0. The molecule has 24 heavy (non-hydrogen) atoms. The van der Waals surface area contributed by atoms with Crippen LogP contribution in [0.5, 0.6) is 0 Å². The second-order valence-corrected chi connectivity index (χ2v) is 20.8. The Morgan fingerprint density at radius 3 is 0.375 bits per heavy atom. The molecule has 0 aromatic heterocycles. The number of rotatable bonds is 3. The van der Waals surface area contributed by atoms with Crippen molar-refractivity contribution < 1.29 is 13.3 Å². The summed E-state index contributed by atoms with van der Waals surface area (Å²) in [5.41, 5.74) is 0. The molecule has 0 bridgehead atoms. The number of hydrogen-bond acceptors (Lipinski definition) is 3. The van der Waals surface area contributed by atoms with Crippen LogP contribution >= 0.6 is 0 Å². The van der Waals surface area contributed by atoms with Gasteiger partial charge >= 0.3 is 0 Å². The first-order valence-electron chi connectivity index (χ1n) is 6.34. The SMILES string of the molecule is C.C.C.C.C.C.CO[Si](C)(C)C.CO[Si](C)(C)C.CO[Si](C)(C)C. The highest BCUT2D eigenvalue weighted by Gasteiger charge is 2.10. The summed E-state index contributed by atoms with van der Waals surface area (Å²) >= 11 is 0. The van der Waals surface area contributed by atoms with Gasteiger partial charge in [-0.15, -0.1) is 0 Å². The van der Waals surface area contributed by atoms with Gasteiger partial charge in [0.25, 0.3) is 0 Å². The third-order valence-electron chi connectivity index (χ3n) is 1.84. The largest absolute Gasteiger partial charge is 0.421 e. The van der Waals surface area contributed by atoms with E-state index in [9.17, 15) is 0 Å². The van der Waals surface area contributed by atoms with Crippen molar-refractivity contribution in [3.05, 3.63) is 0 Å². The van der Waals surface area contributed by atoms with E-state index in [0.29, 0.717) is 0 Å². The minimum atomic E-state index is -1.13. The van der Waals surface area contributed by atoms with Crippen LogP contribution in [0.3, 0.4) is 0 Å². The van der Waals surface area contributed by atoms with Gasteiger partial charge in [-0.1, -0.05) is 44.6 Å². The molecule has 0 radical (unpaired) electrons. The van der Waals surface area contributed by atoms with Crippen LogP contribution in [0, 0.1) is 0 Å². The zero-order chi connectivity index (χ0) is 15.6. The zero-order valence-electron chi connectivity index (χ0n) is 14.7. The van der Waals surface area contributed by atoms with E-state index in [1.165, 1.54) is 0 Å². The first-order chi connectivity index (χ1) is 7.68. The van der Waals surface area contributed by atoms with E-state index < -0.39 is 25.0 Å². The molecule has 0 aliphatic carbocycles. The molecule has 0 N–H and O–H groups in total. The minimum Gasteiger partial charge on any atom is -0.421 e. The Kier molecular flexibility index (Phi) is 60.5. The lowest BCUT2D eigenvalue weighted by molar-refractivity contribution is 0.410. The minimum absolute atomic E-state index is 0. The summed E-state index contributed by atoms with van der Waals surface area (Å²) in [4.78, 5) is 0. The first-order valence-corrected chi connectivity index (χ1v) is 16.6. The summed E-state index contributed by atoms with van der Waals surface area (Å²) in [6.07, 6.45) is 0. The maximum Gasteiger partial charge on any atom is 0.183 e. The molecule has 0 saturated heterocycles. The fraction of sp³-hybridized carbons (Fsp3) is 1.00. The Morgan fingerprint density at radius 2 is 0.375 bits per heavy atom. The van der Waals surface area contributed by atoms with E-state index in [4.69, 9.17) is 13.3 Å². The van der Waals surface area contributed by atoms with E-state index >= 15 is 0 Å². The second kappa shape index (κ2) is 25.8. The van der Waals surface area contributed by atoms with E-state index in [0.717, 1.165) is 0 Å². The van der Waals surface area contributed by atoms with Crippen LogP contribution in [0.15, 0.2) is 0 Å². The van der Waals surface area contributed by atoms with Crippen molar-refractivity contribution in [3.63, 3.8) is 0 Å². The van der Waals surface area contributed by atoms with Crippen LogP contribution in [-0.2, 0) is 13.3 Å². The molecule has 0 aromatic carbocycles. The molecule has 0 unspecified atom stereocenters. The molecule has 6 heteroatoms. The molecule has 0 heterocycles. The maximum absolute atomic E-state index is 5.08. The second-order valence-electron chi connectivity index (χ2n) is 6.95. The van der Waals surface area contributed by atoms with Gasteiger partial charge < -0.3 is 13.3 Å². The fourth-order valence-electron chi connectivity index (χ4n) is 0. The fourth-order valence-corrected chi connectivity index (χ4v) is 0. The molecule has 3 nitrogen and oxygen atoms in total. The van der Waals surface area contributed by atoms with Crippen molar-refractivity contribution in [2.45, 2.75) is 103 Å². The average Bonchev–Trinajstić information content (AvgIpc) is 2.16. The van der Waals surface area contributed by atoms with Gasteiger partial charge in [0.15, 0.2) is 25.0 Å². The van der Waals surface area contributed by atoms with Crippen molar-refractivity contribution >= 4 is 25.0 Å².